The molecule has 0 unspecified atom stereocenters. The Hall–Kier alpha value is -0.870. The number of ether oxygens (including phenoxy) is 1. The van der Waals surface area contributed by atoms with E-state index in [4.69, 9.17) is 4.74 Å². The lowest BCUT2D eigenvalue weighted by atomic mass is 10.1. The highest BCUT2D eigenvalue weighted by Crippen LogP contribution is 2.06. The van der Waals surface area contributed by atoms with E-state index >= 15 is 0 Å². The molecule has 3 nitrogen and oxygen atoms in total. The molecule has 0 saturated heterocycles. The summed E-state index contributed by atoms with van der Waals surface area (Å²) in [5.74, 6) is 0.113. The van der Waals surface area contributed by atoms with Crippen molar-refractivity contribution < 1.29 is 9.53 Å². The zero-order chi connectivity index (χ0) is 13.9. The Kier molecular flexibility index (Phi) is 8.50. The van der Waals surface area contributed by atoms with Crippen molar-refractivity contribution >= 4 is 21.8 Å². The third-order valence-electron chi connectivity index (χ3n) is 2.73. The molecule has 0 atom stereocenters. The van der Waals surface area contributed by atoms with Crippen LogP contribution < -0.4 is 5.32 Å². The van der Waals surface area contributed by atoms with Crippen LogP contribution in [-0.2, 0) is 16.0 Å². The van der Waals surface area contributed by atoms with Crippen molar-refractivity contribution in [2.75, 3.05) is 25.1 Å². The van der Waals surface area contributed by atoms with Gasteiger partial charge >= 0.3 is 0 Å². The lowest BCUT2D eigenvalue weighted by molar-refractivity contribution is -0.121. The molecular formula is C15H22BrNO2. The Morgan fingerprint density at radius 3 is 2.95 bits per heavy atom. The molecule has 1 aromatic rings. The number of hydrogen-bond donors (Lipinski definition) is 1. The summed E-state index contributed by atoms with van der Waals surface area (Å²) in [4.78, 5) is 11.6. The van der Waals surface area contributed by atoms with E-state index in [0.29, 0.717) is 19.6 Å². The summed E-state index contributed by atoms with van der Waals surface area (Å²) in [5.41, 5.74) is 2.46. The quantitative estimate of drug-likeness (QED) is 0.559. The Morgan fingerprint density at radius 2 is 2.21 bits per heavy atom. The summed E-state index contributed by atoms with van der Waals surface area (Å²) in [5, 5.41) is 3.77. The Morgan fingerprint density at radius 1 is 1.37 bits per heavy atom. The number of benzene rings is 1. The number of halogens is 1. The monoisotopic (exact) mass is 327 g/mol. The number of amides is 1. The van der Waals surface area contributed by atoms with Gasteiger partial charge in [-0.2, -0.15) is 0 Å². The number of alkyl halides is 1. The Labute approximate surface area is 123 Å². The van der Waals surface area contributed by atoms with Gasteiger partial charge in [0.05, 0.1) is 6.61 Å². The normalized spacial score (nSPS) is 10.4. The van der Waals surface area contributed by atoms with Crippen LogP contribution >= 0.6 is 15.9 Å². The van der Waals surface area contributed by atoms with E-state index in [1.54, 1.807) is 0 Å². The lowest BCUT2D eigenvalue weighted by Gasteiger charge is -2.06. The fourth-order valence-corrected chi connectivity index (χ4v) is 2.00. The van der Waals surface area contributed by atoms with E-state index < -0.39 is 0 Å². The number of nitrogens with one attached hydrogen (secondary N) is 1. The number of carbonyl (C=O) groups is 1. The summed E-state index contributed by atoms with van der Waals surface area (Å²) in [7, 11) is 0. The number of carbonyl (C=O) groups excluding carboxylic acids is 1. The number of rotatable bonds is 9. The lowest BCUT2D eigenvalue weighted by Crippen LogP contribution is -2.25. The van der Waals surface area contributed by atoms with Crippen LogP contribution in [0.2, 0.25) is 0 Å². The van der Waals surface area contributed by atoms with Gasteiger partial charge in [-0.3, -0.25) is 4.79 Å². The molecule has 1 aromatic carbocycles. The molecule has 19 heavy (non-hydrogen) atoms. The first-order chi connectivity index (χ1) is 9.22. The second-order valence-corrected chi connectivity index (χ2v) is 5.29. The van der Waals surface area contributed by atoms with Crippen molar-refractivity contribution in [1.29, 1.82) is 0 Å². The largest absolute Gasteiger partial charge is 0.381 e. The van der Waals surface area contributed by atoms with Crippen molar-refractivity contribution in [2.45, 2.75) is 26.2 Å². The van der Waals surface area contributed by atoms with E-state index in [1.807, 2.05) is 6.07 Å². The summed E-state index contributed by atoms with van der Waals surface area (Å²) in [6.07, 6.45) is 2.21. The molecular weight excluding hydrogens is 306 g/mol. The summed E-state index contributed by atoms with van der Waals surface area (Å²) >= 11 is 3.29. The van der Waals surface area contributed by atoms with Crippen LogP contribution in [0.4, 0.5) is 0 Å². The number of hydrogen-bond acceptors (Lipinski definition) is 2. The number of aryl methyl sites for hydroxylation is 2. The molecule has 1 N–H and O–H groups in total. The van der Waals surface area contributed by atoms with Crippen molar-refractivity contribution in [1.82, 2.24) is 5.32 Å². The first-order valence-corrected chi connectivity index (χ1v) is 7.80. The van der Waals surface area contributed by atoms with Crippen LogP contribution in [-0.4, -0.2) is 31.0 Å². The zero-order valence-corrected chi connectivity index (χ0v) is 13.0. The van der Waals surface area contributed by atoms with Crippen LogP contribution in [0.25, 0.3) is 0 Å². The molecule has 0 heterocycles. The van der Waals surface area contributed by atoms with Crippen LogP contribution in [0, 0.1) is 6.92 Å². The second kappa shape index (κ2) is 9.98. The van der Waals surface area contributed by atoms with Gasteiger partial charge in [0.1, 0.15) is 0 Å². The highest BCUT2D eigenvalue weighted by Gasteiger charge is 2.01. The van der Waals surface area contributed by atoms with Gasteiger partial charge in [0.2, 0.25) is 5.91 Å². The maximum absolute atomic E-state index is 11.6. The van der Waals surface area contributed by atoms with Gasteiger partial charge in [-0.25, -0.2) is 0 Å². The minimum Gasteiger partial charge on any atom is -0.381 e. The van der Waals surface area contributed by atoms with Gasteiger partial charge in [0.15, 0.2) is 0 Å². The average Bonchev–Trinajstić information content (AvgIpc) is 2.40. The van der Waals surface area contributed by atoms with Crippen LogP contribution in [0.1, 0.15) is 24.0 Å². The Balaban J connectivity index is 2.08. The second-order valence-electron chi connectivity index (χ2n) is 4.49. The summed E-state index contributed by atoms with van der Waals surface area (Å²) in [6, 6.07) is 8.29. The SMILES string of the molecule is Cc1cccc(CCC(=O)NCCCOCCBr)c1. The van der Waals surface area contributed by atoms with Gasteiger partial charge in [0.25, 0.3) is 0 Å². The molecule has 0 saturated carbocycles. The molecule has 0 aliphatic heterocycles. The molecule has 1 rings (SSSR count). The zero-order valence-electron chi connectivity index (χ0n) is 11.5. The molecule has 1 amide bonds. The van der Waals surface area contributed by atoms with Crippen molar-refractivity contribution in [2.24, 2.45) is 0 Å². The molecule has 0 bridgehead atoms. The van der Waals surface area contributed by atoms with Crippen molar-refractivity contribution in [3.8, 4) is 0 Å². The van der Waals surface area contributed by atoms with Crippen LogP contribution in [0.15, 0.2) is 24.3 Å². The first-order valence-electron chi connectivity index (χ1n) is 6.68. The summed E-state index contributed by atoms with van der Waals surface area (Å²) in [6.45, 7) is 4.18. The van der Waals surface area contributed by atoms with Crippen molar-refractivity contribution in [3.05, 3.63) is 35.4 Å². The topological polar surface area (TPSA) is 38.3 Å². The van der Waals surface area contributed by atoms with Gasteiger partial charge in [-0.15, -0.1) is 0 Å². The predicted octanol–water partition coefficient (Wildman–Crippen LogP) is 2.85. The average molecular weight is 328 g/mol. The standard InChI is InChI=1S/C15H22BrNO2/c1-13-4-2-5-14(12-13)6-7-15(18)17-9-3-10-19-11-8-16/h2,4-5,12H,3,6-11H2,1H3,(H,17,18). The predicted molar refractivity (Wildman–Crippen MR) is 81.7 cm³/mol. The third kappa shape index (κ3) is 8.01. The maximum atomic E-state index is 11.6. The van der Waals surface area contributed by atoms with E-state index in [0.717, 1.165) is 24.8 Å². The maximum Gasteiger partial charge on any atom is 0.220 e. The van der Waals surface area contributed by atoms with Gasteiger partial charge < -0.3 is 10.1 Å². The molecule has 0 aromatic heterocycles. The van der Waals surface area contributed by atoms with Crippen LogP contribution in [0.5, 0.6) is 0 Å². The molecule has 0 aliphatic rings. The fraction of sp³-hybridized carbons (Fsp3) is 0.533. The Bertz CT molecular complexity index is 382. The highest BCUT2D eigenvalue weighted by atomic mass is 79.9. The molecule has 0 fully saturated rings. The van der Waals surface area contributed by atoms with E-state index in [9.17, 15) is 4.79 Å². The minimum atomic E-state index is 0.113. The van der Waals surface area contributed by atoms with Gasteiger partial charge in [0, 0.05) is 24.9 Å². The molecule has 0 aliphatic carbocycles. The van der Waals surface area contributed by atoms with Crippen molar-refractivity contribution in [3.63, 3.8) is 0 Å². The highest BCUT2D eigenvalue weighted by molar-refractivity contribution is 9.09. The smallest absolute Gasteiger partial charge is 0.220 e. The van der Waals surface area contributed by atoms with E-state index in [-0.39, 0.29) is 5.91 Å². The van der Waals surface area contributed by atoms with Crippen LogP contribution in [0.3, 0.4) is 0 Å². The van der Waals surface area contributed by atoms with Gasteiger partial charge in [-0.1, -0.05) is 45.8 Å². The molecule has 0 radical (unpaired) electrons. The fourth-order valence-electron chi connectivity index (χ4n) is 1.77. The first kappa shape index (κ1) is 16.2. The van der Waals surface area contributed by atoms with E-state index in [2.05, 4.69) is 46.4 Å². The van der Waals surface area contributed by atoms with Gasteiger partial charge in [-0.05, 0) is 25.3 Å². The third-order valence-corrected chi connectivity index (χ3v) is 3.06. The van der Waals surface area contributed by atoms with E-state index in [1.165, 1.54) is 11.1 Å². The summed E-state index contributed by atoms with van der Waals surface area (Å²) < 4.78 is 5.31. The molecule has 4 heteroatoms. The molecule has 106 valence electrons. The molecule has 0 spiro atoms. The minimum absolute atomic E-state index is 0.113.